The second kappa shape index (κ2) is 3.91. The summed E-state index contributed by atoms with van der Waals surface area (Å²) in [7, 11) is 1.72. The summed E-state index contributed by atoms with van der Waals surface area (Å²) in [5, 5.41) is 0. The van der Waals surface area contributed by atoms with E-state index in [-0.39, 0.29) is 10.8 Å². The van der Waals surface area contributed by atoms with E-state index < -0.39 is 9.05 Å². The molecule has 0 aliphatic carbocycles. The average molecular weight is 233 g/mol. The van der Waals surface area contributed by atoms with E-state index in [1.165, 1.54) is 0 Å². The van der Waals surface area contributed by atoms with Crippen LogP contribution in [0.4, 0.5) is 0 Å². The van der Waals surface area contributed by atoms with Gasteiger partial charge >= 0.3 is 0 Å². The fourth-order valence-electron chi connectivity index (χ4n) is 1.33. The van der Waals surface area contributed by atoms with Gasteiger partial charge in [0.2, 0.25) is 0 Å². The minimum absolute atomic E-state index is 0.152. The first-order chi connectivity index (χ1) is 6.32. The molecule has 0 N–H and O–H groups in total. The molecule has 2 nitrogen and oxygen atoms in total. The van der Waals surface area contributed by atoms with E-state index in [2.05, 4.69) is 0 Å². The van der Waals surface area contributed by atoms with Gasteiger partial charge in [-0.3, -0.25) is 0 Å². The van der Waals surface area contributed by atoms with Crippen LogP contribution in [0.25, 0.3) is 0 Å². The Kier molecular flexibility index (Phi) is 3.22. The molecular formula is C10H13ClO2S. The summed E-state index contributed by atoms with van der Waals surface area (Å²) in [6.45, 7) is 5.72. The van der Waals surface area contributed by atoms with Crippen LogP contribution in [0.1, 0.15) is 30.9 Å². The van der Waals surface area contributed by atoms with E-state index in [1.807, 2.05) is 32.9 Å². The predicted octanol–water partition coefficient (Wildman–Crippen LogP) is 3.05. The highest BCUT2D eigenvalue weighted by molar-refractivity contribution is 8.13. The standard InChI is InChI=1S/C10H13ClO2S/c1-7(2)9-5-4-8(3)6-10(9)14(11,12)13/h4-7H,1-3H3. The lowest BCUT2D eigenvalue weighted by Gasteiger charge is -2.10. The van der Waals surface area contributed by atoms with E-state index in [1.54, 1.807) is 6.07 Å². The fourth-order valence-corrected chi connectivity index (χ4v) is 2.64. The van der Waals surface area contributed by atoms with Gasteiger partial charge in [0, 0.05) is 10.7 Å². The van der Waals surface area contributed by atoms with Crippen LogP contribution in [0.2, 0.25) is 0 Å². The average Bonchev–Trinajstić information content (AvgIpc) is 2.01. The normalized spacial score (nSPS) is 12.1. The summed E-state index contributed by atoms with van der Waals surface area (Å²) in [4.78, 5) is 0.231. The quantitative estimate of drug-likeness (QED) is 0.735. The zero-order valence-corrected chi connectivity index (χ0v) is 9.98. The Morgan fingerprint density at radius 3 is 2.29 bits per heavy atom. The van der Waals surface area contributed by atoms with Crippen molar-refractivity contribution in [2.24, 2.45) is 0 Å². The number of rotatable bonds is 2. The summed E-state index contributed by atoms with van der Waals surface area (Å²) in [5.41, 5.74) is 1.67. The Bertz CT molecular complexity index is 435. The molecule has 4 heteroatoms. The second-order valence-electron chi connectivity index (χ2n) is 3.63. The first-order valence-electron chi connectivity index (χ1n) is 4.37. The maximum absolute atomic E-state index is 11.3. The molecule has 0 bridgehead atoms. The lowest BCUT2D eigenvalue weighted by molar-refractivity contribution is 0.607. The minimum Gasteiger partial charge on any atom is -0.207 e. The van der Waals surface area contributed by atoms with Crippen molar-refractivity contribution in [3.05, 3.63) is 29.3 Å². The van der Waals surface area contributed by atoms with Gasteiger partial charge in [0.25, 0.3) is 9.05 Å². The Hall–Kier alpha value is -0.540. The predicted molar refractivity (Wildman–Crippen MR) is 58.3 cm³/mol. The van der Waals surface area contributed by atoms with E-state index in [9.17, 15) is 8.42 Å². The van der Waals surface area contributed by atoms with Crippen LogP contribution in [0, 0.1) is 6.92 Å². The van der Waals surface area contributed by atoms with Gasteiger partial charge in [-0.05, 0) is 30.0 Å². The summed E-state index contributed by atoms with van der Waals surface area (Å²) in [6.07, 6.45) is 0. The summed E-state index contributed by atoms with van der Waals surface area (Å²) in [5.74, 6) is 0.152. The van der Waals surface area contributed by atoms with Gasteiger partial charge < -0.3 is 0 Å². The van der Waals surface area contributed by atoms with E-state index in [4.69, 9.17) is 10.7 Å². The highest BCUT2D eigenvalue weighted by Gasteiger charge is 2.17. The molecule has 0 spiro atoms. The van der Waals surface area contributed by atoms with E-state index in [0.29, 0.717) is 0 Å². The van der Waals surface area contributed by atoms with Crippen LogP contribution < -0.4 is 0 Å². The summed E-state index contributed by atoms with van der Waals surface area (Å²) in [6, 6.07) is 5.31. The maximum Gasteiger partial charge on any atom is 0.261 e. The smallest absolute Gasteiger partial charge is 0.207 e. The highest BCUT2D eigenvalue weighted by Crippen LogP contribution is 2.27. The molecule has 0 aromatic heterocycles. The Morgan fingerprint density at radius 2 is 1.86 bits per heavy atom. The molecule has 78 valence electrons. The lowest BCUT2D eigenvalue weighted by Crippen LogP contribution is -2.00. The number of benzene rings is 1. The Labute approximate surface area is 89.3 Å². The van der Waals surface area contributed by atoms with Crippen molar-refractivity contribution in [1.29, 1.82) is 0 Å². The SMILES string of the molecule is Cc1ccc(C(C)C)c(S(=O)(=O)Cl)c1. The van der Waals surface area contributed by atoms with Gasteiger partial charge in [0.15, 0.2) is 0 Å². The number of halogens is 1. The third-order valence-electron chi connectivity index (χ3n) is 2.05. The third-order valence-corrected chi connectivity index (χ3v) is 3.43. The first kappa shape index (κ1) is 11.5. The molecule has 0 saturated carbocycles. The topological polar surface area (TPSA) is 34.1 Å². The molecule has 0 saturated heterocycles. The van der Waals surface area contributed by atoms with Crippen molar-refractivity contribution in [1.82, 2.24) is 0 Å². The molecular weight excluding hydrogens is 220 g/mol. The second-order valence-corrected chi connectivity index (χ2v) is 6.17. The molecule has 14 heavy (non-hydrogen) atoms. The molecule has 0 unspecified atom stereocenters. The molecule has 1 aromatic rings. The molecule has 0 radical (unpaired) electrons. The minimum atomic E-state index is -3.63. The third kappa shape index (κ3) is 2.49. The van der Waals surface area contributed by atoms with Gasteiger partial charge in [-0.25, -0.2) is 8.42 Å². The van der Waals surface area contributed by atoms with Crippen LogP contribution in [-0.2, 0) is 9.05 Å². The number of hydrogen-bond acceptors (Lipinski definition) is 2. The highest BCUT2D eigenvalue weighted by atomic mass is 35.7. The summed E-state index contributed by atoms with van der Waals surface area (Å²) >= 11 is 0. The van der Waals surface area contributed by atoms with Gasteiger partial charge in [-0.15, -0.1) is 0 Å². The Morgan fingerprint density at radius 1 is 1.29 bits per heavy atom. The van der Waals surface area contributed by atoms with Crippen molar-refractivity contribution in [2.45, 2.75) is 31.6 Å². The monoisotopic (exact) mass is 232 g/mol. The number of aryl methyl sites for hydroxylation is 1. The van der Waals surface area contributed by atoms with Crippen LogP contribution in [0.5, 0.6) is 0 Å². The Balaban J connectivity index is 3.46. The van der Waals surface area contributed by atoms with Crippen molar-refractivity contribution < 1.29 is 8.42 Å². The molecule has 0 fully saturated rings. The zero-order valence-electron chi connectivity index (χ0n) is 8.41. The van der Waals surface area contributed by atoms with Crippen molar-refractivity contribution >= 4 is 19.7 Å². The van der Waals surface area contributed by atoms with Gasteiger partial charge in [0.05, 0.1) is 4.90 Å². The lowest BCUT2D eigenvalue weighted by atomic mass is 10.0. The molecule has 0 aliphatic heterocycles. The molecule has 0 heterocycles. The van der Waals surface area contributed by atoms with E-state index in [0.717, 1.165) is 11.1 Å². The first-order valence-corrected chi connectivity index (χ1v) is 6.68. The number of hydrogen-bond donors (Lipinski definition) is 0. The van der Waals surface area contributed by atoms with Gasteiger partial charge in [0.1, 0.15) is 0 Å². The van der Waals surface area contributed by atoms with Crippen molar-refractivity contribution in [2.75, 3.05) is 0 Å². The van der Waals surface area contributed by atoms with Crippen LogP contribution in [0.15, 0.2) is 23.1 Å². The molecule has 0 atom stereocenters. The van der Waals surface area contributed by atoms with Crippen LogP contribution in [0.3, 0.4) is 0 Å². The molecule has 1 aromatic carbocycles. The largest absolute Gasteiger partial charge is 0.261 e. The molecule has 1 rings (SSSR count). The van der Waals surface area contributed by atoms with E-state index >= 15 is 0 Å². The molecule has 0 amide bonds. The van der Waals surface area contributed by atoms with Crippen molar-refractivity contribution in [3.63, 3.8) is 0 Å². The van der Waals surface area contributed by atoms with Crippen molar-refractivity contribution in [3.8, 4) is 0 Å². The van der Waals surface area contributed by atoms with Gasteiger partial charge in [-0.1, -0.05) is 26.0 Å². The maximum atomic E-state index is 11.3. The van der Waals surface area contributed by atoms with Crippen LogP contribution >= 0.6 is 10.7 Å². The van der Waals surface area contributed by atoms with Crippen LogP contribution in [-0.4, -0.2) is 8.42 Å². The summed E-state index contributed by atoms with van der Waals surface area (Å²) < 4.78 is 22.6. The fraction of sp³-hybridized carbons (Fsp3) is 0.400. The molecule has 0 aliphatic rings. The zero-order chi connectivity index (χ0) is 10.9. The van der Waals surface area contributed by atoms with Gasteiger partial charge in [-0.2, -0.15) is 0 Å².